The van der Waals surface area contributed by atoms with Gasteiger partial charge in [-0.05, 0) is 29.3 Å². The second-order valence-electron chi connectivity index (χ2n) is 7.38. The Labute approximate surface area is 182 Å². The molecule has 2 unspecified atom stereocenters. The molecular formula is C24H20F3NO4. The minimum atomic E-state index is -4.78. The summed E-state index contributed by atoms with van der Waals surface area (Å²) in [5.74, 6) is -0.812. The van der Waals surface area contributed by atoms with Crippen molar-refractivity contribution >= 4 is 11.6 Å². The lowest BCUT2D eigenvalue weighted by Crippen LogP contribution is -2.57. The van der Waals surface area contributed by atoms with Crippen LogP contribution in [0.25, 0.3) is 0 Å². The van der Waals surface area contributed by atoms with Gasteiger partial charge in [-0.3, -0.25) is 4.79 Å². The summed E-state index contributed by atoms with van der Waals surface area (Å²) in [7, 11) is 1.35. The first-order valence-electron chi connectivity index (χ1n) is 9.80. The topological polar surface area (TPSA) is 59.0 Å². The van der Waals surface area contributed by atoms with Crippen LogP contribution in [0.3, 0.4) is 0 Å². The summed E-state index contributed by atoms with van der Waals surface area (Å²) in [6.45, 7) is 0.0763. The highest BCUT2D eigenvalue weighted by molar-refractivity contribution is 6.01. The second-order valence-corrected chi connectivity index (χ2v) is 7.38. The summed E-state index contributed by atoms with van der Waals surface area (Å²) < 4.78 is 46.6. The highest BCUT2D eigenvalue weighted by Gasteiger charge is 2.52. The summed E-state index contributed by atoms with van der Waals surface area (Å²) in [6.07, 6.45) is -6.00. The third-order valence-electron chi connectivity index (χ3n) is 5.42. The van der Waals surface area contributed by atoms with Crippen LogP contribution in [0.2, 0.25) is 0 Å². The van der Waals surface area contributed by atoms with Crippen molar-refractivity contribution in [1.29, 1.82) is 0 Å². The molecule has 3 aromatic carbocycles. The molecule has 0 radical (unpaired) electrons. The second kappa shape index (κ2) is 8.29. The van der Waals surface area contributed by atoms with Crippen LogP contribution in [-0.4, -0.2) is 30.6 Å². The van der Waals surface area contributed by atoms with E-state index in [2.05, 4.69) is 4.74 Å². The van der Waals surface area contributed by atoms with Crippen molar-refractivity contribution in [3.8, 4) is 5.75 Å². The van der Waals surface area contributed by atoms with Crippen molar-refractivity contribution < 1.29 is 32.5 Å². The van der Waals surface area contributed by atoms with Crippen LogP contribution < -0.4 is 9.64 Å². The van der Waals surface area contributed by atoms with E-state index in [9.17, 15) is 23.1 Å². The first-order valence-corrected chi connectivity index (χ1v) is 9.80. The van der Waals surface area contributed by atoms with E-state index < -0.39 is 24.0 Å². The number of amides is 1. The molecule has 0 spiro atoms. The van der Waals surface area contributed by atoms with E-state index in [1.54, 1.807) is 48.5 Å². The summed E-state index contributed by atoms with van der Waals surface area (Å²) >= 11 is 0. The molecule has 0 aromatic heterocycles. The number of aliphatic hydroxyl groups is 1. The zero-order chi connectivity index (χ0) is 22.9. The number of carbonyl (C=O) groups excluding carboxylic acids is 1. The molecule has 0 fully saturated rings. The van der Waals surface area contributed by atoms with Gasteiger partial charge in [-0.15, -0.1) is 13.2 Å². The van der Waals surface area contributed by atoms with Crippen LogP contribution in [0.15, 0.2) is 78.9 Å². The lowest BCUT2D eigenvalue weighted by molar-refractivity contribution is -0.274. The molecule has 1 N–H and O–H groups in total. The number of alkyl halides is 3. The van der Waals surface area contributed by atoms with Crippen molar-refractivity contribution in [2.75, 3.05) is 12.0 Å². The zero-order valence-corrected chi connectivity index (χ0v) is 17.0. The van der Waals surface area contributed by atoms with E-state index in [-0.39, 0.29) is 12.3 Å². The van der Waals surface area contributed by atoms with E-state index >= 15 is 0 Å². The van der Waals surface area contributed by atoms with Gasteiger partial charge in [-0.25, -0.2) is 0 Å². The number of anilines is 1. The third kappa shape index (κ3) is 3.94. The van der Waals surface area contributed by atoms with E-state index in [0.29, 0.717) is 22.4 Å². The number of hydrogen-bond donors (Lipinski definition) is 1. The lowest BCUT2D eigenvalue weighted by atomic mass is 9.77. The number of benzene rings is 3. The maximum absolute atomic E-state index is 13.4. The average Bonchev–Trinajstić information content (AvgIpc) is 2.78. The van der Waals surface area contributed by atoms with Gasteiger partial charge in [0.1, 0.15) is 5.75 Å². The Kier molecular flexibility index (Phi) is 5.66. The molecule has 1 aliphatic heterocycles. The van der Waals surface area contributed by atoms with Crippen LogP contribution in [0.1, 0.15) is 16.7 Å². The van der Waals surface area contributed by atoms with Crippen LogP contribution in [-0.2, 0) is 21.7 Å². The average molecular weight is 443 g/mol. The number of ether oxygens (including phenoxy) is 2. The highest BCUT2D eigenvalue weighted by atomic mass is 19.4. The van der Waals surface area contributed by atoms with E-state index in [1.165, 1.54) is 36.3 Å². The molecule has 1 heterocycles. The predicted octanol–water partition coefficient (Wildman–Crippen LogP) is 4.38. The largest absolute Gasteiger partial charge is 0.573 e. The van der Waals surface area contributed by atoms with Crippen molar-refractivity contribution in [2.45, 2.75) is 24.6 Å². The summed E-state index contributed by atoms with van der Waals surface area (Å²) in [4.78, 5) is 14.9. The van der Waals surface area contributed by atoms with Gasteiger partial charge in [0.05, 0.1) is 12.2 Å². The zero-order valence-electron chi connectivity index (χ0n) is 17.0. The number of halogens is 3. The monoisotopic (exact) mass is 443 g/mol. The smallest absolute Gasteiger partial charge is 0.406 e. The molecular weight excluding hydrogens is 423 g/mol. The number of rotatable bonds is 5. The standard InChI is InChI=1S/C24H20F3NO4/c1-31-21-22(29)28(15-16-11-13-18(14-12-16)32-24(25,26)27)20-10-6-5-9-19(20)23(21,30)17-7-3-2-4-8-17/h2-14,21,30H,15H2,1H3. The minimum Gasteiger partial charge on any atom is -0.406 e. The molecule has 4 rings (SSSR count). The quantitative estimate of drug-likeness (QED) is 0.636. The Morgan fingerprint density at radius 2 is 1.59 bits per heavy atom. The maximum atomic E-state index is 13.4. The molecule has 166 valence electrons. The third-order valence-corrected chi connectivity index (χ3v) is 5.42. The first kappa shape index (κ1) is 21.9. The Balaban J connectivity index is 1.72. The number of nitrogens with zero attached hydrogens (tertiary/aromatic N) is 1. The lowest BCUT2D eigenvalue weighted by Gasteiger charge is -2.44. The molecule has 5 nitrogen and oxygen atoms in total. The fourth-order valence-corrected chi connectivity index (χ4v) is 4.02. The van der Waals surface area contributed by atoms with Gasteiger partial charge >= 0.3 is 6.36 Å². The number of para-hydroxylation sites is 1. The van der Waals surface area contributed by atoms with Crippen molar-refractivity contribution in [2.24, 2.45) is 0 Å². The van der Waals surface area contributed by atoms with Gasteiger partial charge in [0.25, 0.3) is 5.91 Å². The minimum absolute atomic E-state index is 0.0763. The van der Waals surface area contributed by atoms with E-state index in [4.69, 9.17) is 4.74 Å². The Morgan fingerprint density at radius 3 is 2.22 bits per heavy atom. The number of carbonyl (C=O) groups is 1. The molecule has 0 bridgehead atoms. The maximum Gasteiger partial charge on any atom is 0.573 e. The summed E-state index contributed by atoms with van der Waals surface area (Å²) in [5.41, 5.74) is 0.385. The Bertz CT molecular complexity index is 1100. The van der Waals surface area contributed by atoms with E-state index in [1.807, 2.05) is 6.07 Å². The van der Waals surface area contributed by atoms with Crippen LogP contribution in [0.5, 0.6) is 5.75 Å². The fraction of sp³-hybridized carbons (Fsp3) is 0.208. The van der Waals surface area contributed by atoms with Gasteiger partial charge in [-0.1, -0.05) is 60.7 Å². The SMILES string of the molecule is COC1C(=O)N(Cc2ccc(OC(F)(F)F)cc2)c2ccccc2C1(O)c1ccccc1. The van der Waals surface area contributed by atoms with Crippen LogP contribution in [0, 0.1) is 0 Å². The van der Waals surface area contributed by atoms with Gasteiger partial charge in [0.15, 0.2) is 11.7 Å². The van der Waals surface area contributed by atoms with Crippen molar-refractivity contribution in [3.63, 3.8) is 0 Å². The number of methoxy groups -OCH3 is 1. The summed E-state index contributed by atoms with van der Waals surface area (Å²) in [5, 5.41) is 11.8. The van der Waals surface area contributed by atoms with Crippen molar-refractivity contribution in [1.82, 2.24) is 0 Å². The fourth-order valence-electron chi connectivity index (χ4n) is 4.02. The Hall–Kier alpha value is -3.36. The predicted molar refractivity (Wildman–Crippen MR) is 111 cm³/mol. The first-order chi connectivity index (χ1) is 15.2. The summed E-state index contributed by atoms with van der Waals surface area (Å²) in [6, 6.07) is 21.0. The molecule has 2 atom stereocenters. The van der Waals surface area contributed by atoms with Crippen LogP contribution >= 0.6 is 0 Å². The van der Waals surface area contributed by atoms with Gasteiger partial charge < -0.3 is 19.5 Å². The van der Waals surface area contributed by atoms with Gasteiger partial charge in [0.2, 0.25) is 0 Å². The highest BCUT2D eigenvalue weighted by Crippen LogP contribution is 2.45. The molecule has 1 amide bonds. The molecule has 0 saturated heterocycles. The molecule has 0 saturated carbocycles. The molecule has 32 heavy (non-hydrogen) atoms. The van der Waals surface area contributed by atoms with Crippen LogP contribution in [0.4, 0.5) is 18.9 Å². The van der Waals surface area contributed by atoms with E-state index in [0.717, 1.165) is 0 Å². The number of hydrogen-bond acceptors (Lipinski definition) is 4. The number of fused-ring (bicyclic) bond motifs is 1. The van der Waals surface area contributed by atoms with Crippen molar-refractivity contribution in [3.05, 3.63) is 95.6 Å². The molecule has 1 aliphatic rings. The van der Waals surface area contributed by atoms with Gasteiger partial charge in [0, 0.05) is 12.7 Å². The molecule has 3 aromatic rings. The normalized spacial score (nSPS) is 20.7. The molecule has 8 heteroatoms. The Morgan fingerprint density at radius 1 is 0.969 bits per heavy atom. The van der Waals surface area contributed by atoms with Gasteiger partial charge in [-0.2, -0.15) is 0 Å². The molecule has 0 aliphatic carbocycles.